The molecule has 2 rings (SSSR count). The Bertz CT molecular complexity index is 764. The summed E-state index contributed by atoms with van der Waals surface area (Å²) in [5, 5.41) is 0.176. The van der Waals surface area contributed by atoms with Gasteiger partial charge in [0, 0.05) is 13.7 Å². The molecule has 7 heteroatoms. The molecule has 0 aliphatic carbocycles. The van der Waals surface area contributed by atoms with Crippen molar-refractivity contribution in [3.8, 4) is 5.75 Å². The van der Waals surface area contributed by atoms with Gasteiger partial charge in [0.15, 0.2) is 0 Å². The zero-order valence-corrected chi connectivity index (χ0v) is 14.4. The molecule has 1 unspecified atom stereocenters. The van der Waals surface area contributed by atoms with E-state index in [4.69, 9.17) is 21.1 Å². The van der Waals surface area contributed by atoms with Crippen molar-refractivity contribution >= 4 is 21.6 Å². The first-order valence-corrected chi connectivity index (χ1v) is 8.75. The Kier molecular flexibility index (Phi) is 6.01. The zero-order chi connectivity index (χ0) is 16.9. The first kappa shape index (κ1) is 17.7. The van der Waals surface area contributed by atoms with Crippen molar-refractivity contribution in [2.24, 2.45) is 0 Å². The highest BCUT2D eigenvalue weighted by atomic mass is 35.5. The molecule has 1 atom stereocenters. The number of hydrogen-bond donors (Lipinski definition) is 1. The van der Waals surface area contributed by atoms with Gasteiger partial charge in [-0.3, -0.25) is 0 Å². The van der Waals surface area contributed by atoms with E-state index in [0.717, 1.165) is 5.56 Å². The average Bonchev–Trinajstić information content (AvgIpc) is 2.56. The lowest BCUT2D eigenvalue weighted by Crippen LogP contribution is -2.29. The van der Waals surface area contributed by atoms with Crippen LogP contribution in [0.25, 0.3) is 0 Å². The smallest absolute Gasteiger partial charge is 0.242 e. The van der Waals surface area contributed by atoms with Crippen LogP contribution in [0.3, 0.4) is 0 Å². The lowest BCUT2D eigenvalue weighted by Gasteiger charge is -2.17. The molecular formula is C16H18ClNO4S. The minimum absolute atomic E-state index is 0.0437. The molecule has 0 radical (unpaired) electrons. The standard InChI is InChI=1S/C16H18ClNO4S/c1-21-13-7-5-6-12(10-13)15(22-2)11-18-23(19,20)16-9-4-3-8-14(16)17/h3-10,15,18H,11H2,1-2H3. The van der Waals surface area contributed by atoms with E-state index in [1.807, 2.05) is 18.2 Å². The second kappa shape index (κ2) is 7.79. The molecule has 0 aliphatic rings. The van der Waals surface area contributed by atoms with E-state index in [1.54, 1.807) is 25.3 Å². The highest BCUT2D eigenvalue weighted by Gasteiger charge is 2.20. The third-order valence-corrected chi connectivity index (χ3v) is 5.26. The molecule has 0 fully saturated rings. The van der Waals surface area contributed by atoms with Crippen LogP contribution in [0.2, 0.25) is 5.02 Å². The second-order valence-corrected chi connectivity index (χ2v) is 6.93. The minimum atomic E-state index is -3.71. The van der Waals surface area contributed by atoms with Crippen LogP contribution < -0.4 is 9.46 Å². The third-order valence-electron chi connectivity index (χ3n) is 3.34. The van der Waals surface area contributed by atoms with Gasteiger partial charge in [-0.1, -0.05) is 35.9 Å². The van der Waals surface area contributed by atoms with Gasteiger partial charge in [0.05, 0.1) is 18.2 Å². The summed E-state index contributed by atoms with van der Waals surface area (Å²) in [7, 11) is -0.621. The largest absolute Gasteiger partial charge is 0.497 e. The lowest BCUT2D eigenvalue weighted by molar-refractivity contribution is 0.107. The second-order valence-electron chi connectivity index (χ2n) is 4.78. The Morgan fingerprint density at radius 3 is 2.52 bits per heavy atom. The summed E-state index contributed by atoms with van der Waals surface area (Å²) in [6.07, 6.45) is -0.442. The number of halogens is 1. The molecule has 0 aromatic heterocycles. The van der Waals surface area contributed by atoms with Gasteiger partial charge in [0.25, 0.3) is 0 Å². The molecule has 23 heavy (non-hydrogen) atoms. The van der Waals surface area contributed by atoms with Crippen LogP contribution in [-0.4, -0.2) is 29.2 Å². The molecule has 2 aromatic rings. The van der Waals surface area contributed by atoms with Crippen LogP contribution in [-0.2, 0) is 14.8 Å². The molecule has 0 saturated heterocycles. The maximum atomic E-state index is 12.4. The first-order valence-electron chi connectivity index (χ1n) is 6.89. The van der Waals surface area contributed by atoms with Crippen molar-refractivity contribution in [3.63, 3.8) is 0 Å². The Labute approximate surface area is 141 Å². The molecule has 2 aromatic carbocycles. The molecule has 0 saturated carbocycles. The maximum absolute atomic E-state index is 12.4. The van der Waals surface area contributed by atoms with Crippen LogP contribution in [0.5, 0.6) is 5.75 Å². The van der Waals surface area contributed by atoms with E-state index in [9.17, 15) is 8.42 Å². The highest BCUT2D eigenvalue weighted by molar-refractivity contribution is 7.89. The normalized spacial score (nSPS) is 12.8. The van der Waals surface area contributed by atoms with Crippen LogP contribution in [0.1, 0.15) is 11.7 Å². The predicted octanol–water partition coefficient (Wildman–Crippen LogP) is 3.01. The predicted molar refractivity (Wildman–Crippen MR) is 89.4 cm³/mol. The van der Waals surface area contributed by atoms with Crippen LogP contribution in [0, 0.1) is 0 Å². The van der Waals surface area contributed by atoms with Crippen molar-refractivity contribution in [1.29, 1.82) is 0 Å². The Balaban J connectivity index is 2.15. The molecule has 124 valence electrons. The molecule has 0 aliphatic heterocycles. The molecule has 0 spiro atoms. The van der Waals surface area contributed by atoms with Crippen molar-refractivity contribution in [2.45, 2.75) is 11.0 Å². The van der Waals surface area contributed by atoms with E-state index in [2.05, 4.69) is 4.72 Å². The van der Waals surface area contributed by atoms with Crippen LogP contribution in [0.15, 0.2) is 53.4 Å². The van der Waals surface area contributed by atoms with Crippen molar-refractivity contribution in [1.82, 2.24) is 4.72 Å². The van der Waals surface area contributed by atoms with Gasteiger partial charge in [-0.05, 0) is 29.8 Å². The lowest BCUT2D eigenvalue weighted by atomic mass is 10.1. The molecular weight excluding hydrogens is 338 g/mol. The van der Waals surface area contributed by atoms with E-state index >= 15 is 0 Å². The quantitative estimate of drug-likeness (QED) is 0.829. The molecule has 0 heterocycles. The molecule has 0 bridgehead atoms. The number of benzene rings is 2. The summed E-state index contributed by atoms with van der Waals surface area (Å²) in [6.45, 7) is 0.0806. The SMILES string of the molecule is COc1cccc(C(CNS(=O)(=O)c2ccccc2Cl)OC)c1. The topological polar surface area (TPSA) is 64.6 Å². The molecule has 5 nitrogen and oxygen atoms in total. The number of sulfonamides is 1. The summed E-state index contributed by atoms with van der Waals surface area (Å²) in [5.74, 6) is 0.679. The van der Waals surface area contributed by atoms with E-state index in [-0.39, 0.29) is 16.5 Å². The third kappa shape index (κ3) is 4.45. The highest BCUT2D eigenvalue weighted by Crippen LogP contribution is 2.23. The van der Waals surface area contributed by atoms with Gasteiger partial charge in [0.1, 0.15) is 10.6 Å². The average molecular weight is 356 g/mol. The fourth-order valence-electron chi connectivity index (χ4n) is 2.10. The summed E-state index contributed by atoms with van der Waals surface area (Å²) < 4.78 is 37.8. The Hall–Kier alpha value is -1.60. The Morgan fingerprint density at radius 1 is 1.13 bits per heavy atom. The van der Waals surface area contributed by atoms with E-state index in [1.165, 1.54) is 19.2 Å². The number of methoxy groups -OCH3 is 2. The summed E-state index contributed by atoms with van der Waals surface area (Å²) >= 11 is 5.95. The van der Waals surface area contributed by atoms with Crippen molar-refractivity contribution in [2.75, 3.05) is 20.8 Å². The molecule has 1 N–H and O–H groups in total. The Morgan fingerprint density at radius 2 is 1.87 bits per heavy atom. The van der Waals surface area contributed by atoms with Crippen LogP contribution in [0.4, 0.5) is 0 Å². The first-order chi connectivity index (χ1) is 11.0. The fourth-order valence-corrected chi connectivity index (χ4v) is 3.65. The van der Waals surface area contributed by atoms with Gasteiger partial charge in [0.2, 0.25) is 10.0 Å². The van der Waals surface area contributed by atoms with Crippen LogP contribution >= 0.6 is 11.6 Å². The van der Waals surface area contributed by atoms with Gasteiger partial charge in [-0.15, -0.1) is 0 Å². The number of rotatable bonds is 7. The van der Waals surface area contributed by atoms with Gasteiger partial charge >= 0.3 is 0 Å². The van der Waals surface area contributed by atoms with Gasteiger partial charge < -0.3 is 9.47 Å². The van der Waals surface area contributed by atoms with Crippen molar-refractivity contribution < 1.29 is 17.9 Å². The molecule has 0 amide bonds. The van der Waals surface area contributed by atoms with Gasteiger partial charge in [-0.25, -0.2) is 13.1 Å². The van der Waals surface area contributed by atoms with Gasteiger partial charge in [-0.2, -0.15) is 0 Å². The number of nitrogens with one attached hydrogen (secondary N) is 1. The monoisotopic (exact) mass is 355 g/mol. The zero-order valence-electron chi connectivity index (χ0n) is 12.8. The number of ether oxygens (including phenoxy) is 2. The van der Waals surface area contributed by atoms with E-state index in [0.29, 0.717) is 5.75 Å². The van der Waals surface area contributed by atoms with E-state index < -0.39 is 16.1 Å². The van der Waals surface area contributed by atoms with Crippen molar-refractivity contribution in [3.05, 3.63) is 59.1 Å². The summed E-state index contributed by atoms with van der Waals surface area (Å²) in [6, 6.07) is 13.6. The summed E-state index contributed by atoms with van der Waals surface area (Å²) in [5.41, 5.74) is 0.814. The summed E-state index contributed by atoms with van der Waals surface area (Å²) in [4.78, 5) is 0.0437. The fraction of sp³-hybridized carbons (Fsp3) is 0.250. The maximum Gasteiger partial charge on any atom is 0.242 e. The minimum Gasteiger partial charge on any atom is -0.497 e. The number of hydrogen-bond acceptors (Lipinski definition) is 4.